The van der Waals surface area contributed by atoms with Gasteiger partial charge in [0.1, 0.15) is 5.75 Å². The summed E-state index contributed by atoms with van der Waals surface area (Å²) in [6.07, 6.45) is 1.64. The third kappa shape index (κ3) is 2.10. The maximum atomic E-state index is 10.3. The highest BCUT2D eigenvalue weighted by Crippen LogP contribution is 2.36. The zero-order chi connectivity index (χ0) is 16.8. The smallest absolute Gasteiger partial charge is 0.319 e. The van der Waals surface area contributed by atoms with Gasteiger partial charge in [0.05, 0.1) is 28.0 Å². The normalized spacial score (nSPS) is 11.2. The van der Waals surface area contributed by atoms with Crippen molar-refractivity contribution in [1.82, 2.24) is 25.0 Å². The monoisotopic (exact) mass is 341 g/mol. The molecule has 0 aliphatic rings. The first-order valence-electron chi connectivity index (χ1n) is 7.12. The lowest BCUT2D eigenvalue weighted by atomic mass is 10.1. The number of halogens is 1. The van der Waals surface area contributed by atoms with Crippen LogP contribution in [-0.4, -0.2) is 35.2 Å². The number of phenols is 1. The van der Waals surface area contributed by atoms with Crippen molar-refractivity contribution in [3.05, 3.63) is 47.1 Å². The summed E-state index contributed by atoms with van der Waals surface area (Å²) < 4.78 is 1.40. The van der Waals surface area contributed by atoms with Crippen LogP contribution in [-0.2, 0) is 0 Å². The molecule has 24 heavy (non-hydrogen) atoms. The highest BCUT2D eigenvalue weighted by Gasteiger charge is 2.20. The number of aromatic hydroxyl groups is 2. The Labute approximate surface area is 141 Å². The largest absolute Gasteiger partial charge is 0.507 e. The maximum absolute atomic E-state index is 10.3. The Hall–Kier alpha value is -3.06. The van der Waals surface area contributed by atoms with E-state index >= 15 is 0 Å². The summed E-state index contributed by atoms with van der Waals surface area (Å²) >= 11 is 6.37. The Kier molecular flexibility index (Phi) is 3.17. The highest BCUT2D eigenvalue weighted by molar-refractivity contribution is 6.33. The van der Waals surface area contributed by atoms with E-state index in [2.05, 4.69) is 20.4 Å². The number of phenolic OH excluding ortho intramolecular Hbond substituents is 1. The van der Waals surface area contributed by atoms with Gasteiger partial charge >= 0.3 is 6.01 Å². The lowest BCUT2D eigenvalue weighted by Gasteiger charge is -2.12. The molecule has 2 aromatic carbocycles. The molecule has 0 spiro atoms. The molecule has 4 aromatic rings. The van der Waals surface area contributed by atoms with E-state index in [1.807, 2.05) is 19.1 Å². The van der Waals surface area contributed by atoms with Crippen LogP contribution in [0.15, 0.2) is 36.5 Å². The molecule has 0 aliphatic heterocycles. The molecule has 0 saturated carbocycles. The lowest BCUT2D eigenvalue weighted by molar-refractivity contribution is 0.420. The van der Waals surface area contributed by atoms with Gasteiger partial charge in [-0.05, 0) is 24.6 Å². The third-order valence-corrected chi connectivity index (χ3v) is 4.35. The average molecular weight is 342 g/mol. The van der Waals surface area contributed by atoms with Crippen LogP contribution in [0.4, 0.5) is 0 Å². The standard InChI is InChI=1S/C16H12ClN5O2/c1-8-3-2-4-12(14(8)17)22-15(20-21-16(22)24)10-5-9-7-18-19-11(9)6-13(10)23/h2-7,23H,1H3,(H,18,19)(H,21,24). The summed E-state index contributed by atoms with van der Waals surface area (Å²) in [6, 6.07) is 8.38. The minimum absolute atomic E-state index is 0.0100. The molecule has 0 amide bonds. The van der Waals surface area contributed by atoms with Gasteiger partial charge < -0.3 is 10.2 Å². The Morgan fingerprint density at radius 2 is 2.00 bits per heavy atom. The average Bonchev–Trinajstić information content (AvgIpc) is 3.15. The molecule has 2 heterocycles. The van der Waals surface area contributed by atoms with Crippen molar-refractivity contribution in [3.63, 3.8) is 0 Å². The molecule has 120 valence electrons. The second kappa shape index (κ2) is 5.24. The lowest BCUT2D eigenvalue weighted by Crippen LogP contribution is -1.99. The number of hydrogen-bond donors (Lipinski definition) is 3. The minimum atomic E-state index is -0.316. The molecule has 0 saturated heterocycles. The molecule has 0 atom stereocenters. The van der Waals surface area contributed by atoms with E-state index in [1.165, 1.54) is 4.57 Å². The van der Waals surface area contributed by atoms with Gasteiger partial charge in [-0.3, -0.25) is 5.10 Å². The molecule has 0 fully saturated rings. The number of H-pyrrole nitrogens is 1. The first-order chi connectivity index (χ1) is 11.6. The Bertz CT molecular complexity index is 1070. The van der Waals surface area contributed by atoms with Gasteiger partial charge in [-0.1, -0.05) is 28.8 Å². The molecule has 3 N–H and O–H groups in total. The van der Waals surface area contributed by atoms with E-state index in [0.29, 0.717) is 21.8 Å². The first kappa shape index (κ1) is 14.5. The highest BCUT2D eigenvalue weighted by atomic mass is 35.5. The molecule has 8 heteroatoms. The Balaban J connectivity index is 2.00. The SMILES string of the molecule is Cc1cccc(-n2c(O)nnc2-c2cc3cn[nH]c3cc2O)c1Cl. The van der Waals surface area contributed by atoms with Crippen LogP contribution in [0.3, 0.4) is 0 Å². The van der Waals surface area contributed by atoms with E-state index in [-0.39, 0.29) is 17.6 Å². The molecule has 0 unspecified atom stereocenters. The van der Waals surface area contributed by atoms with Crippen LogP contribution in [0.2, 0.25) is 5.02 Å². The van der Waals surface area contributed by atoms with Crippen molar-refractivity contribution < 1.29 is 10.2 Å². The van der Waals surface area contributed by atoms with Gasteiger partial charge in [0.2, 0.25) is 0 Å². The van der Waals surface area contributed by atoms with Crippen molar-refractivity contribution in [2.24, 2.45) is 0 Å². The van der Waals surface area contributed by atoms with Crippen LogP contribution in [0.5, 0.6) is 11.8 Å². The number of aromatic nitrogens is 5. The number of fused-ring (bicyclic) bond motifs is 1. The number of hydrogen-bond acceptors (Lipinski definition) is 5. The molecular weight excluding hydrogens is 330 g/mol. The molecule has 2 aromatic heterocycles. The van der Waals surface area contributed by atoms with Gasteiger partial charge in [0.25, 0.3) is 0 Å². The second-order valence-electron chi connectivity index (χ2n) is 5.39. The summed E-state index contributed by atoms with van der Waals surface area (Å²) in [5.41, 5.74) is 2.48. The number of rotatable bonds is 2. The van der Waals surface area contributed by atoms with Crippen LogP contribution < -0.4 is 0 Å². The van der Waals surface area contributed by atoms with Crippen molar-refractivity contribution in [2.45, 2.75) is 6.92 Å². The zero-order valence-corrected chi connectivity index (χ0v) is 13.3. The van der Waals surface area contributed by atoms with Gasteiger partial charge in [-0.2, -0.15) is 5.10 Å². The predicted octanol–water partition coefficient (Wildman–Crippen LogP) is 3.18. The van der Waals surface area contributed by atoms with Gasteiger partial charge in [-0.15, -0.1) is 5.10 Å². The fourth-order valence-electron chi connectivity index (χ4n) is 2.64. The Morgan fingerprint density at radius 3 is 2.83 bits per heavy atom. The molecule has 0 bridgehead atoms. The summed E-state index contributed by atoms with van der Waals surface area (Å²) in [5.74, 6) is 0.268. The second-order valence-corrected chi connectivity index (χ2v) is 5.77. The number of nitrogens with one attached hydrogen (secondary N) is 1. The van der Waals surface area contributed by atoms with Gasteiger partial charge in [-0.25, -0.2) is 4.57 Å². The van der Waals surface area contributed by atoms with Crippen molar-refractivity contribution in [1.29, 1.82) is 0 Å². The third-order valence-electron chi connectivity index (χ3n) is 3.86. The van der Waals surface area contributed by atoms with Gasteiger partial charge in [0, 0.05) is 11.5 Å². The Morgan fingerprint density at radius 1 is 1.17 bits per heavy atom. The molecule has 7 nitrogen and oxygen atoms in total. The van der Waals surface area contributed by atoms with Crippen molar-refractivity contribution in [3.8, 4) is 28.8 Å². The summed E-state index contributed by atoms with van der Waals surface area (Å²) in [5, 5.41) is 36.2. The maximum Gasteiger partial charge on any atom is 0.319 e. The number of benzene rings is 2. The van der Waals surface area contributed by atoms with Crippen LogP contribution in [0.25, 0.3) is 28.0 Å². The quantitative estimate of drug-likeness (QED) is 0.520. The van der Waals surface area contributed by atoms with E-state index < -0.39 is 0 Å². The van der Waals surface area contributed by atoms with Crippen molar-refractivity contribution in [2.75, 3.05) is 0 Å². The van der Waals surface area contributed by atoms with E-state index in [1.54, 1.807) is 24.4 Å². The molecule has 0 aliphatic carbocycles. The number of aryl methyl sites for hydroxylation is 1. The zero-order valence-electron chi connectivity index (χ0n) is 12.5. The fourth-order valence-corrected chi connectivity index (χ4v) is 2.85. The number of aromatic amines is 1. The summed E-state index contributed by atoms with van der Waals surface area (Å²) in [7, 11) is 0. The molecular formula is C16H12ClN5O2. The van der Waals surface area contributed by atoms with E-state index in [0.717, 1.165) is 10.9 Å². The van der Waals surface area contributed by atoms with E-state index in [4.69, 9.17) is 11.6 Å². The van der Waals surface area contributed by atoms with Crippen LogP contribution in [0.1, 0.15) is 5.56 Å². The summed E-state index contributed by atoms with van der Waals surface area (Å²) in [6.45, 7) is 1.86. The number of nitrogens with zero attached hydrogens (tertiary/aromatic N) is 4. The van der Waals surface area contributed by atoms with Crippen LogP contribution >= 0.6 is 11.6 Å². The van der Waals surface area contributed by atoms with E-state index in [9.17, 15) is 10.2 Å². The predicted molar refractivity (Wildman–Crippen MR) is 89.5 cm³/mol. The van der Waals surface area contributed by atoms with Crippen LogP contribution in [0, 0.1) is 6.92 Å². The molecule has 0 radical (unpaired) electrons. The topological polar surface area (TPSA) is 99.9 Å². The minimum Gasteiger partial charge on any atom is -0.507 e. The first-order valence-corrected chi connectivity index (χ1v) is 7.50. The van der Waals surface area contributed by atoms with Gasteiger partial charge in [0.15, 0.2) is 5.82 Å². The van der Waals surface area contributed by atoms with Crippen molar-refractivity contribution >= 4 is 22.5 Å². The molecule has 4 rings (SSSR count). The summed E-state index contributed by atoms with van der Waals surface area (Å²) in [4.78, 5) is 0. The fraction of sp³-hybridized carbons (Fsp3) is 0.0625.